The highest BCUT2D eigenvalue weighted by Gasteiger charge is 2.16. The Hall–Kier alpha value is -1.35. The summed E-state index contributed by atoms with van der Waals surface area (Å²) < 4.78 is 0. The third-order valence-corrected chi connectivity index (χ3v) is 4.02. The van der Waals surface area contributed by atoms with Crippen molar-refractivity contribution in [3.05, 3.63) is 35.9 Å². The van der Waals surface area contributed by atoms with E-state index in [-0.39, 0.29) is 0 Å². The second kappa shape index (κ2) is 8.05. The molecule has 0 spiro atoms. The number of likely N-dealkylation sites (N-methyl/N-ethyl adjacent to an activating group) is 1. The number of amides is 1. The Labute approximate surface area is 122 Å². The van der Waals surface area contributed by atoms with E-state index < -0.39 is 0 Å². The van der Waals surface area contributed by atoms with Crippen molar-refractivity contribution in [3.8, 4) is 0 Å². The molecule has 110 valence electrons. The Morgan fingerprint density at radius 3 is 2.65 bits per heavy atom. The zero-order valence-corrected chi connectivity index (χ0v) is 12.6. The van der Waals surface area contributed by atoms with E-state index in [9.17, 15) is 4.79 Å². The fourth-order valence-electron chi connectivity index (χ4n) is 2.70. The van der Waals surface area contributed by atoms with E-state index >= 15 is 0 Å². The third-order valence-electron chi connectivity index (χ3n) is 4.02. The Kier molecular flexibility index (Phi) is 6.06. The maximum absolute atomic E-state index is 12.2. The molecule has 0 aliphatic carbocycles. The summed E-state index contributed by atoms with van der Waals surface area (Å²) in [4.78, 5) is 16.5. The number of carbonyl (C=O) groups excluding carboxylic acids is 1. The minimum Gasteiger partial charge on any atom is -0.341 e. The molecule has 1 saturated heterocycles. The van der Waals surface area contributed by atoms with Crippen molar-refractivity contribution in [2.75, 3.05) is 33.2 Å². The number of rotatable bonds is 5. The van der Waals surface area contributed by atoms with Crippen LogP contribution in [0.1, 0.15) is 31.2 Å². The van der Waals surface area contributed by atoms with Gasteiger partial charge in [0, 0.05) is 26.1 Å². The standard InChI is InChI=1S/C17H26N2O/c1-18-12-7-13-19(15-14-18)17(20)11-6-5-10-16-8-3-2-4-9-16/h2-4,8-9H,5-7,10-15H2,1H3. The van der Waals surface area contributed by atoms with Gasteiger partial charge >= 0.3 is 0 Å². The van der Waals surface area contributed by atoms with Gasteiger partial charge in [-0.1, -0.05) is 30.3 Å². The molecular weight excluding hydrogens is 248 g/mol. The predicted molar refractivity (Wildman–Crippen MR) is 82.7 cm³/mol. The molecule has 1 aliphatic rings. The monoisotopic (exact) mass is 274 g/mol. The first-order chi connectivity index (χ1) is 9.75. The van der Waals surface area contributed by atoms with Crippen LogP contribution in [0.5, 0.6) is 0 Å². The Balaban J connectivity index is 1.64. The molecule has 0 aromatic heterocycles. The van der Waals surface area contributed by atoms with Crippen molar-refractivity contribution < 1.29 is 4.79 Å². The Morgan fingerprint density at radius 2 is 1.85 bits per heavy atom. The average Bonchev–Trinajstić information content (AvgIpc) is 2.69. The van der Waals surface area contributed by atoms with Gasteiger partial charge < -0.3 is 9.80 Å². The van der Waals surface area contributed by atoms with Gasteiger partial charge in [-0.25, -0.2) is 0 Å². The number of benzene rings is 1. The Bertz CT molecular complexity index is 405. The lowest BCUT2D eigenvalue weighted by molar-refractivity contribution is -0.131. The molecule has 0 unspecified atom stereocenters. The van der Waals surface area contributed by atoms with Gasteiger partial charge in [-0.2, -0.15) is 0 Å². The smallest absolute Gasteiger partial charge is 0.222 e. The van der Waals surface area contributed by atoms with E-state index in [2.05, 4.69) is 36.2 Å². The normalized spacial score (nSPS) is 16.9. The summed E-state index contributed by atoms with van der Waals surface area (Å²) in [6.45, 7) is 3.95. The first-order valence-corrected chi connectivity index (χ1v) is 7.76. The van der Waals surface area contributed by atoms with E-state index in [0.717, 1.165) is 51.9 Å². The summed E-state index contributed by atoms with van der Waals surface area (Å²) in [5.74, 6) is 0.341. The van der Waals surface area contributed by atoms with Gasteiger partial charge in [0.05, 0.1) is 0 Å². The van der Waals surface area contributed by atoms with E-state index in [1.807, 2.05) is 11.0 Å². The predicted octanol–water partition coefficient (Wildman–Crippen LogP) is 2.56. The fourth-order valence-corrected chi connectivity index (χ4v) is 2.70. The largest absolute Gasteiger partial charge is 0.341 e. The van der Waals surface area contributed by atoms with Crippen molar-refractivity contribution in [1.29, 1.82) is 0 Å². The number of nitrogens with zero attached hydrogens (tertiary/aromatic N) is 2. The van der Waals surface area contributed by atoms with E-state index in [1.54, 1.807) is 0 Å². The SMILES string of the molecule is CN1CCCN(C(=O)CCCCc2ccccc2)CC1. The molecule has 1 heterocycles. The van der Waals surface area contributed by atoms with Crippen molar-refractivity contribution in [2.45, 2.75) is 32.1 Å². The van der Waals surface area contributed by atoms with Gasteiger partial charge in [0.1, 0.15) is 0 Å². The van der Waals surface area contributed by atoms with Crippen molar-refractivity contribution >= 4 is 5.91 Å². The number of hydrogen-bond donors (Lipinski definition) is 0. The maximum Gasteiger partial charge on any atom is 0.222 e. The molecule has 0 saturated carbocycles. The van der Waals surface area contributed by atoms with Gasteiger partial charge in [-0.05, 0) is 44.8 Å². The minimum atomic E-state index is 0.341. The van der Waals surface area contributed by atoms with Gasteiger partial charge in [0.2, 0.25) is 5.91 Å². The first-order valence-electron chi connectivity index (χ1n) is 7.76. The number of carbonyl (C=O) groups is 1. The molecule has 1 fully saturated rings. The summed E-state index contributed by atoms with van der Waals surface area (Å²) in [5, 5.41) is 0. The van der Waals surface area contributed by atoms with Crippen molar-refractivity contribution in [3.63, 3.8) is 0 Å². The number of aryl methyl sites for hydroxylation is 1. The average molecular weight is 274 g/mol. The first kappa shape index (κ1) is 15.0. The molecule has 0 atom stereocenters. The molecule has 3 heteroatoms. The topological polar surface area (TPSA) is 23.6 Å². The summed E-state index contributed by atoms with van der Waals surface area (Å²) in [6.07, 6.45) is 4.99. The van der Waals surface area contributed by atoms with E-state index in [1.165, 1.54) is 5.56 Å². The summed E-state index contributed by atoms with van der Waals surface area (Å²) in [6, 6.07) is 10.5. The zero-order chi connectivity index (χ0) is 14.2. The van der Waals surface area contributed by atoms with Crippen LogP contribution in [0, 0.1) is 0 Å². The molecule has 0 N–H and O–H groups in total. The lowest BCUT2D eigenvalue weighted by Crippen LogP contribution is -2.34. The van der Waals surface area contributed by atoms with Crippen LogP contribution in [0.4, 0.5) is 0 Å². The molecule has 0 bridgehead atoms. The summed E-state index contributed by atoms with van der Waals surface area (Å²) in [7, 11) is 2.13. The van der Waals surface area contributed by atoms with Crippen LogP contribution in [0.15, 0.2) is 30.3 Å². The molecule has 3 nitrogen and oxygen atoms in total. The van der Waals surface area contributed by atoms with Crippen LogP contribution in [0.3, 0.4) is 0 Å². The van der Waals surface area contributed by atoms with Crippen LogP contribution in [0.2, 0.25) is 0 Å². The Morgan fingerprint density at radius 1 is 1.05 bits per heavy atom. The van der Waals surface area contributed by atoms with Crippen molar-refractivity contribution in [2.24, 2.45) is 0 Å². The van der Waals surface area contributed by atoms with E-state index in [4.69, 9.17) is 0 Å². The lowest BCUT2D eigenvalue weighted by atomic mass is 10.1. The quantitative estimate of drug-likeness (QED) is 0.770. The van der Waals surface area contributed by atoms with Gasteiger partial charge in [-0.3, -0.25) is 4.79 Å². The second-order valence-corrected chi connectivity index (χ2v) is 5.73. The van der Waals surface area contributed by atoms with Crippen LogP contribution in [-0.2, 0) is 11.2 Å². The molecule has 1 aromatic rings. The highest BCUT2D eigenvalue weighted by Crippen LogP contribution is 2.09. The molecule has 2 rings (SSSR count). The molecular formula is C17H26N2O. The van der Waals surface area contributed by atoms with Crippen molar-refractivity contribution in [1.82, 2.24) is 9.80 Å². The molecule has 0 radical (unpaired) electrons. The second-order valence-electron chi connectivity index (χ2n) is 5.73. The highest BCUT2D eigenvalue weighted by molar-refractivity contribution is 5.76. The van der Waals surface area contributed by atoms with E-state index in [0.29, 0.717) is 12.3 Å². The lowest BCUT2D eigenvalue weighted by Gasteiger charge is -2.20. The fraction of sp³-hybridized carbons (Fsp3) is 0.588. The van der Waals surface area contributed by atoms with Gasteiger partial charge in [0.15, 0.2) is 0 Å². The number of unbranched alkanes of at least 4 members (excludes halogenated alkanes) is 1. The third kappa shape index (κ3) is 4.97. The van der Waals surface area contributed by atoms with Crippen LogP contribution >= 0.6 is 0 Å². The van der Waals surface area contributed by atoms with Gasteiger partial charge in [0.25, 0.3) is 0 Å². The van der Waals surface area contributed by atoms with Crippen LogP contribution in [0.25, 0.3) is 0 Å². The molecule has 1 aliphatic heterocycles. The summed E-state index contributed by atoms with van der Waals surface area (Å²) in [5.41, 5.74) is 1.37. The molecule has 1 aromatic carbocycles. The molecule has 20 heavy (non-hydrogen) atoms. The number of hydrogen-bond acceptors (Lipinski definition) is 2. The molecule has 1 amide bonds. The summed E-state index contributed by atoms with van der Waals surface area (Å²) >= 11 is 0. The zero-order valence-electron chi connectivity index (χ0n) is 12.6. The van der Waals surface area contributed by atoms with Crippen LogP contribution < -0.4 is 0 Å². The minimum absolute atomic E-state index is 0.341. The van der Waals surface area contributed by atoms with Gasteiger partial charge in [-0.15, -0.1) is 0 Å². The highest BCUT2D eigenvalue weighted by atomic mass is 16.2. The maximum atomic E-state index is 12.2. The van der Waals surface area contributed by atoms with Crippen LogP contribution in [-0.4, -0.2) is 48.9 Å².